The highest BCUT2D eigenvalue weighted by Crippen LogP contribution is 2.39. The predicted octanol–water partition coefficient (Wildman–Crippen LogP) is 3.64. The largest absolute Gasteiger partial charge is 0.369 e. The van der Waals surface area contributed by atoms with Gasteiger partial charge in [0.15, 0.2) is 0 Å². The van der Waals surface area contributed by atoms with Gasteiger partial charge in [0.2, 0.25) is 0 Å². The second-order valence-electron chi connectivity index (χ2n) is 5.18. The van der Waals surface area contributed by atoms with E-state index in [0.717, 1.165) is 29.5 Å². The second-order valence-corrected chi connectivity index (χ2v) is 6.26. The first kappa shape index (κ1) is 11.9. The van der Waals surface area contributed by atoms with Crippen LogP contribution in [0.25, 0.3) is 10.2 Å². The Balaban J connectivity index is 2.09. The van der Waals surface area contributed by atoms with Crippen LogP contribution in [0.2, 0.25) is 0 Å². The minimum atomic E-state index is 0.811. The molecule has 0 aromatic carbocycles. The van der Waals surface area contributed by atoms with Crippen LogP contribution in [-0.4, -0.2) is 16.5 Å². The molecule has 4 heteroatoms. The molecule has 2 aromatic rings. The first-order valence-corrected chi connectivity index (χ1v) is 7.60. The lowest BCUT2D eigenvalue weighted by Gasteiger charge is -2.18. The van der Waals surface area contributed by atoms with Crippen molar-refractivity contribution in [3.8, 4) is 0 Å². The fourth-order valence-corrected chi connectivity index (χ4v) is 4.00. The zero-order valence-electron chi connectivity index (χ0n) is 11.0. The fourth-order valence-electron chi connectivity index (χ4n) is 2.65. The number of hydrogen-bond acceptors (Lipinski definition) is 4. The lowest BCUT2D eigenvalue weighted by Crippen LogP contribution is -2.09. The van der Waals surface area contributed by atoms with Gasteiger partial charge in [-0.3, -0.25) is 0 Å². The molecular weight excluding hydrogens is 242 g/mol. The lowest BCUT2D eigenvalue weighted by molar-refractivity contribution is 0.509. The van der Waals surface area contributed by atoms with Gasteiger partial charge >= 0.3 is 0 Å². The molecule has 18 heavy (non-hydrogen) atoms. The van der Waals surface area contributed by atoms with E-state index >= 15 is 0 Å². The highest BCUT2D eigenvalue weighted by Gasteiger charge is 2.22. The standard InChI is InChI=1S/C14H19N3S/c1-3-6-15-13-12-10-5-4-9(2)7-11(10)18-14(12)17-8-16-13/h8-9H,3-7H2,1-2H3,(H,15,16,17). The van der Waals surface area contributed by atoms with Gasteiger partial charge in [0.25, 0.3) is 0 Å². The number of aryl methyl sites for hydroxylation is 1. The van der Waals surface area contributed by atoms with Crippen molar-refractivity contribution in [3.63, 3.8) is 0 Å². The van der Waals surface area contributed by atoms with E-state index in [1.54, 1.807) is 6.33 Å². The third-order valence-electron chi connectivity index (χ3n) is 3.63. The van der Waals surface area contributed by atoms with Crippen molar-refractivity contribution in [2.75, 3.05) is 11.9 Å². The number of hydrogen-bond donors (Lipinski definition) is 1. The molecule has 0 bridgehead atoms. The third-order valence-corrected chi connectivity index (χ3v) is 4.80. The molecule has 0 aliphatic heterocycles. The molecule has 1 atom stereocenters. The number of nitrogens with one attached hydrogen (secondary N) is 1. The molecule has 3 rings (SSSR count). The van der Waals surface area contributed by atoms with Crippen molar-refractivity contribution in [2.24, 2.45) is 5.92 Å². The van der Waals surface area contributed by atoms with E-state index in [-0.39, 0.29) is 0 Å². The first-order chi connectivity index (χ1) is 8.79. The summed E-state index contributed by atoms with van der Waals surface area (Å²) in [4.78, 5) is 11.6. The van der Waals surface area contributed by atoms with E-state index < -0.39 is 0 Å². The molecule has 1 aliphatic carbocycles. The van der Waals surface area contributed by atoms with E-state index in [9.17, 15) is 0 Å². The fraction of sp³-hybridized carbons (Fsp3) is 0.571. The second kappa shape index (κ2) is 4.84. The Hall–Kier alpha value is -1.16. The summed E-state index contributed by atoms with van der Waals surface area (Å²) < 4.78 is 0. The molecule has 1 unspecified atom stereocenters. The van der Waals surface area contributed by atoms with E-state index in [2.05, 4.69) is 29.1 Å². The summed E-state index contributed by atoms with van der Waals surface area (Å²) >= 11 is 1.86. The maximum Gasteiger partial charge on any atom is 0.138 e. The Morgan fingerprint density at radius 2 is 2.33 bits per heavy atom. The molecule has 0 fully saturated rings. The van der Waals surface area contributed by atoms with Gasteiger partial charge in [-0.2, -0.15) is 0 Å². The van der Waals surface area contributed by atoms with Crippen molar-refractivity contribution in [2.45, 2.75) is 39.5 Å². The number of thiophene rings is 1. The number of nitrogens with zero attached hydrogens (tertiary/aromatic N) is 2. The summed E-state index contributed by atoms with van der Waals surface area (Å²) in [5, 5.41) is 4.73. The first-order valence-electron chi connectivity index (χ1n) is 6.78. The summed E-state index contributed by atoms with van der Waals surface area (Å²) in [5.41, 5.74) is 1.51. The Morgan fingerprint density at radius 3 is 3.17 bits per heavy atom. The van der Waals surface area contributed by atoms with Gasteiger partial charge in [-0.05, 0) is 37.2 Å². The minimum absolute atomic E-state index is 0.811. The summed E-state index contributed by atoms with van der Waals surface area (Å²) in [6, 6.07) is 0. The molecule has 3 nitrogen and oxygen atoms in total. The highest BCUT2D eigenvalue weighted by molar-refractivity contribution is 7.19. The Bertz CT molecular complexity index is 561. The average Bonchev–Trinajstić information content (AvgIpc) is 2.73. The number of anilines is 1. The molecule has 96 valence electrons. The van der Waals surface area contributed by atoms with E-state index in [0.29, 0.717) is 0 Å². The van der Waals surface area contributed by atoms with Crippen molar-refractivity contribution < 1.29 is 0 Å². The van der Waals surface area contributed by atoms with Crippen LogP contribution in [0.15, 0.2) is 6.33 Å². The van der Waals surface area contributed by atoms with Gasteiger partial charge in [-0.25, -0.2) is 9.97 Å². The van der Waals surface area contributed by atoms with Crippen LogP contribution in [0.1, 0.15) is 37.1 Å². The quantitative estimate of drug-likeness (QED) is 0.916. The Morgan fingerprint density at radius 1 is 1.44 bits per heavy atom. The van der Waals surface area contributed by atoms with E-state index in [1.165, 1.54) is 35.1 Å². The number of fused-ring (bicyclic) bond motifs is 3. The Labute approximate surface area is 112 Å². The van der Waals surface area contributed by atoms with E-state index in [4.69, 9.17) is 0 Å². The lowest BCUT2D eigenvalue weighted by atomic mass is 9.89. The number of aromatic nitrogens is 2. The molecule has 2 aromatic heterocycles. The van der Waals surface area contributed by atoms with E-state index in [1.807, 2.05) is 11.3 Å². The van der Waals surface area contributed by atoms with Gasteiger partial charge in [0.05, 0.1) is 5.39 Å². The van der Waals surface area contributed by atoms with Crippen molar-refractivity contribution in [3.05, 3.63) is 16.8 Å². The van der Waals surface area contributed by atoms with Gasteiger partial charge in [0.1, 0.15) is 17.0 Å². The molecule has 0 saturated heterocycles. The molecule has 0 amide bonds. The summed E-state index contributed by atoms with van der Waals surface area (Å²) in [5.74, 6) is 1.85. The van der Waals surface area contributed by atoms with Crippen LogP contribution >= 0.6 is 11.3 Å². The van der Waals surface area contributed by atoms with Crippen molar-refractivity contribution in [1.29, 1.82) is 0 Å². The van der Waals surface area contributed by atoms with Crippen molar-refractivity contribution >= 4 is 27.4 Å². The highest BCUT2D eigenvalue weighted by atomic mass is 32.1. The monoisotopic (exact) mass is 261 g/mol. The van der Waals surface area contributed by atoms with Crippen LogP contribution in [-0.2, 0) is 12.8 Å². The topological polar surface area (TPSA) is 37.8 Å². The normalized spacial score (nSPS) is 18.9. The van der Waals surface area contributed by atoms with Crippen LogP contribution in [0, 0.1) is 5.92 Å². The predicted molar refractivity (Wildman–Crippen MR) is 77.4 cm³/mol. The zero-order chi connectivity index (χ0) is 12.5. The van der Waals surface area contributed by atoms with Crippen LogP contribution < -0.4 is 5.32 Å². The molecule has 0 saturated carbocycles. The average molecular weight is 261 g/mol. The molecule has 0 radical (unpaired) electrons. The van der Waals surface area contributed by atoms with Gasteiger partial charge in [0, 0.05) is 11.4 Å². The molecule has 1 N–H and O–H groups in total. The molecule has 0 spiro atoms. The van der Waals surface area contributed by atoms with Gasteiger partial charge in [-0.15, -0.1) is 11.3 Å². The minimum Gasteiger partial charge on any atom is -0.369 e. The molecule has 2 heterocycles. The summed E-state index contributed by atoms with van der Waals surface area (Å²) in [7, 11) is 0. The maximum atomic E-state index is 4.45. The zero-order valence-corrected chi connectivity index (χ0v) is 11.8. The molecular formula is C14H19N3S. The maximum absolute atomic E-state index is 4.45. The number of rotatable bonds is 3. The van der Waals surface area contributed by atoms with Crippen LogP contribution in [0.3, 0.4) is 0 Å². The van der Waals surface area contributed by atoms with Crippen LogP contribution in [0.5, 0.6) is 0 Å². The summed E-state index contributed by atoms with van der Waals surface area (Å²) in [6.07, 6.45) is 6.50. The summed E-state index contributed by atoms with van der Waals surface area (Å²) in [6.45, 7) is 5.50. The smallest absolute Gasteiger partial charge is 0.138 e. The van der Waals surface area contributed by atoms with Crippen molar-refractivity contribution in [1.82, 2.24) is 9.97 Å². The van der Waals surface area contributed by atoms with Gasteiger partial charge in [-0.1, -0.05) is 13.8 Å². The van der Waals surface area contributed by atoms with Crippen LogP contribution in [0.4, 0.5) is 5.82 Å². The third kappa shape index (κ3) is 1.99. The molecule has 1 aliphatic rings. The Kier molecular flexibility index (Phi) is 3.20. The van der Waals surface area contributed by atoms with Gasteiger partial charge < -0.3 is 5.32 Å². The SMILES string of the molecule is CCCNc1ncnc2sc3c(c12)CCC(C)C3.